The summed E-state index contributed by atoms with van der Waals surface area (Å²) in [5.74, 6) is 0. The fourth-order valence-corrected chi connectivity index (χ4v) is 3.77. The Morgan fingerprint density at radius 1 is 0.852 bits per heavy atom. The molecule has 0 aromatic rings. The molecule has 8 N–H and O–H groups in total. The minimum absolute atomic E-state index is 0.240. The molecular weight excluding hydrogens is 375 g/mol. The van der Waals surface area contributed by atoms with Crippen LogP contribution in [0.15, 0.2) is 0 Å². The lowest BCUT2D eigenvalue weighted by Gasteiger charge is -2.37. The summed E-state index contributed by atoms with van der Waals surface area (Å²) in [7, 11) is -5.10. The van der Waals surface area contributed by atoms with Gasteiger partial charge in [-0.25, -0.2) is 0 Å². The number of hydrogen-bond acceptors (Lipinski definition) is 7. The van der Waals surface area contributed by atoms with Crippen LogP contribution >= 0.6 is 7.82 Å². The number of quaternary nitrogens is 2. The first-order valence-corrected chi connectivity index (χ1v) is 11.5. The van der Waals surface area contributed by atoms with Crippen molar-refractivity contribution in [2.24, 2.45) is 0 Å². The van der Waals surface area contributed by atoms with E-state index in [-0.39, 0.29) is 13.0 Å². The minimum atomic E-state index is -5.10. The van der Waals surface area contributed by atoms with Crippen LogP contribution in [0.25, 0.3) is 0 Å². The van der Waals surface area contributed by atoms with Crippen molar-refractivity contribution < 1.29 is 45.3 Å². The molecule has 0 spiro atoms. The van der Waals surface area contributed by atoms with Crippen LogP contribution in [0.5, 0.6) is 0 Å². The predicted octanol–water partition coefficient (Wildman–Crippen LogP) is -1.58. The molecule has 0 bridgehead atoms. The third-order valence-corrected chi connectivity index (χ3v) is 5.52. The number of phosphoric ester groups is 1. The van der Waals surface area contributed by atoms with E-state index in [2.05, 4.69) is 20.7 Å². The molecule has 1 aliphatic heterocycles. The van der Waals surface area contributed by atoms with Crippen LogP contribution in [0.4, 0.5) is 0 Å². The van der Waals surface area contributed by atoms with Crippen molar-refractivity contribution in [1.29, 1.82) is 0 Å². The van der Waals surface area contributed by atoms with Crippen LogP contribution in [0.2, 0.25) is 0 Å². The Kier molecular flexibility index (Phi) is 12.2. The second-order valence-corrected chi connectivity index (χ2v) is 8.80. The summed E-state index contributed by atoms with van der Waals surface area (Å²) in [4.78, 5) is 20.2. The van der Waals surface area contributed by atoms with Crippen LogP contribution in [0.3, 0.4) is 0 Å². The molecule has 2 aliphatic carbocycles. The lowest BCUT2D eigenvalue weighted by Crippen LogP contribution is -2.61. The Morgan fingerprint density at radius 2 is 1.30 bits per heavy atom. The number of ether oxygens (including phenoxy) is 1. The third-order valence-electron chi connectivity index (χ3n) is 5.03. The van der Waals surface area contributed by atoms with E-state index in [4.69, 9.17) is 10.2 Å². The van der Waals surface area contributed by atoms with Crippen molar-refractivity contribution in [3.63, 3.8) is 0 Å². The molecule has 1 saturated heterocycles. The van der Waals surface area contributed by atoms with Gasteiger partial charge in [-0.15, -0.1) is 0 Å². The fraction of sp³-hybridized carbons (Fsp3) is 1.00. The zero-order valence-corrected chi connectivity index (χ0v) is 17.1. The molecule has 1 heterocycles. The van der Waals surface area contributed by atoms with Crippen LogP contribution < -0.4 is 21.3 Å². The molecule has 3 rings (SSSR count). The van der Waals surface area contributed by atoms with Crippen molar-refractivity contribution in [1.82, 2.24) is 0 Å². The molecule has 3 fully saturated rings. The zero-order valence-electron chi connectivity index (χ0n) is 16.2. The van der Waals surface area contributed by atoms with Gasteiger partial charge in [-0.3, -0.25) is 0 Å². The summed E-state index contributed by atoms with van der Waals surface area (Å²) >= 11 is 0. The van der Waals surface area contributed by atoms with E-state index in [1.807, 2.05) is 0 Å². The van der Waals surface area contributed by atoms with E-state index in [0.717, 1.165) is 12.1 Å². The maximum atomic E-state index is 10.1. The third kappa shape index (κ3) is 12.9. The summed E-state index contributed by atoms with van der Waals surface area (Å²) < 4.78 is 18.7. The molecule has 0 amide bonds. The van der Waals surface area contributed by atoms with Crippen molar-refractivity contribution in [3.05, 3.63) is 0 Å². The fourth-order valence-electron chi connectivity index (χ4n) is 3.33. The highest BCUT2D eigenvalue weighted by Gasteiger charge is 2.29. The molecule has 0 unspecified atom stereocenters. The van der Waals surface area contributed by atoms with Crippen LogP contribution in [0, 0.1) is 0 Å². The molecule has 3 atom stereocenters. The molecule has 3 aliphatic rings. The average Bonchev–Trinajstić information content (AvgIpc) is 2.59. The summed E-state index contributed by atoms with van der Waals surface area (Å²) in [5.41, 5.74) is 8.00. The number of aliphatic hydroxyl groups excluding tert-OH is 2. The molecule has 0 aromatic carbocycles. The molecule has 9 nitrogen and oxygen atoms in total. The summed E-state index contributed by atoms with van der Waals surface area (Å²) in [6, 6.07) is 1.57. The van der Waals surface area contributed by atoms with E-state index in [1.54, 1.807) is 0 Å². The van der Waals surface area contributed by atoms with Crippen molar-refractivity contribution in [2.45, 2.75) is 101 Å². The maximum Gasteiger partial charge on any atom is 0.165 e. The highest BCUT2D eigenvalue weighted by molar-refractivity contribution is 7.43. The highest BCUT2D eigenvalue weighted by atomic mass is 31.2. The van der Waals surface area contributed by atoms with Gasteiger partial charge in [0.25, 0.3) is 0 Å². The van der Waals surface area contributed by atoms with Gasteiger partial charge in [0.2, 0.25) is 0 Å². The van der Waals surface area contributed by atoms with Crippen molar-refractivity contribution in [3.8, 4) is 0 Å². The number of rotatable bonds is 2. The van der Waals surface area contributed by atoms with Crippen LogP contribution in [-0.2, 0) is 13.8 Å². The standard InChI is InChI=1S/2C6H13N.C5H11O7P/c2*7-6-4-2-1-3-5-6;6-3-1-5(11-2-4(3)7)12-13(8,9)10/h2*6H,1-5,7H2;3-7H,1-2H2,(H2,8,9,10)/t;;3-,4+,5+/m..0/s1. The second-order valence-electron chi connectivity index (χ2n) is 7.69. The number of aliphatic hydroxyl groups is 2. The smallest absolute Gasteiger partial charge is 0.165 e. The van der Waals surface area contributed by atoms with E-state index in [9.17, 15) is 14.4 Å². The lowest BCUT2D eigenvalue weighted by atomic mass is 9.97. The molecule has 162 valence electrons. The summed E-state index contributed by atoms with van der Waals surface area (Å²) in [6.45, 7) is -0.258. The van der Waals surface area contributed by atoms with E-state index in [0.29, 0.717) is 0 Å². The Hall–Kier alpha value is -0.0900. The SMILES string of the molecule is O=P([O-])([O-])O[C@@H]1C[C@H](O)[C@H](O)CO1.[NH3+]C1CCCCC1.[NH3+]C1CCCCC1. The zero-order chi connectivity index (χ0) is 20.3. The quantitative estimate of drug-likeness (QED) is 0.395. The molecule has 2 saturated carbocycles. The van der Waals surface area contributed by atoms with Crippen LogP contribution in [0.1, 0.15) is 70.6 Å². The normalized spacial score (nSPS) is 30.5. The Labute approximate surface area is 161 Å². The first-order valence-electron chi connectivity index (χ1n) is 10.0. The second kappa shape index (κ2) is 13.2. The summed E-state index contributed by atoms with van der Waals surface area (Å²) in [5, 5.41) is 18.0. The van der Waals surface area contributed by atoms with Gasteiger partial charge in [0.15, 0.2) is 6.29 Å². The number of hydrogen-bond donors (Lipinski definition) is 4. The minimum Gasteiger partial charge on any atom is -0.790 e. The maximum absolute atomic E-state index is 10.1. The van der Waals surface area contributed by atoms with Crippen LogP contribution in [-0.4, -0.2) is 47.4 Å². The van der Waals surface area contributed by atoms with Gasteiger partial charge in [-0.05, 0) is 51.4 Å². The Balaban J connectivity index is 0.000000220. The van der Waals surface area contributed by atoms with Gasteiger partial charge >= 0.3 is 0 Å². The monoisotopic (exact) mass is 412 g/mol. The molecule has 0 aromatic heterocycles. The van der Waals surface area contributed by atoms with Gasteiger partial charge < -0.3 is 45.3 Å². The first kappa shape index (κ1) is 24.9. The molecule has 10 heteroatoms. The average molecular weight is 412 g/mol. The van der Waals surface area contributed by atoms with Gasteiger partial charge in [0.05, 0.1) is 32.6 Å². The van der Waals surface area contributed by atoms with E-state index < -0.39 is 26.3 Å². The summed E-state index contributed by atoms with van der Waals surface area (Å²) in [6.07, 6.45) is 10.4. The van der Waals surface area contributed by atoms with E-state index in [1.165, 1.54) is 64.2 Å². The van der Waals surface area contributed by atoms with Gasteiger partial charge in [0.1, 0.15) is 6.10 Å². The van der Waals surface area contributed by atoms with Crippen molar-refractivity contribution >= 4 is 7.82 Å². The predicted molar refractivity (Wildman–Crippen MR) is 94.6 cm³/mol. The topological polar surface area (TPSA) is 177 Å². The van der Waals surface area contributed by atoms with Crippen molar-refractivity contribution in [2.75, 3.05) is 6.61 Å². The Morgan fingerprint density at radius 3 is 1.59 bits per heavy atom. The molecule has 27 heavy (non-hydrogen) atoms. The Bertz CT molecular complexity index is 410. The molecular formula is C17H37N2O7P. The molecule has 0 radical (unpaired) electrons. The number of phosphoric acid groups is 1. The van der Waals surface area contributed by atoms with Gasteiger partial charge in [-0.2, -0.15) is 0 Å². The van der Waals surface area contributed by atoms with E-state index >= 15 is 0 Å². The first-order chi connectivity index (χ1) is 12.7. The highest BCUT2D eigenvalue weighted by Crippen LogP contribution is 2.31. The van der Waals surface area contributed by atoms with Gasteiger partial charge in [0, 0.05) is 6.42 Å². The van der Waals surface area contributed by atoms with Gasteiger partial charge in [-0.1, -0.05) is 12.8 Å². The lowest BCUT2D eigenvalue weighted by molar-refractivity contribution is -0.425. The largest absolute Gasteiger partial charge is 0.790 e.